The van der Waals surface area contributed by atoms with Crippen molar-refractivity contribution < 1.29 is 28.2 Å². The first-order valence-electron chi connectivity index (χ1n) is 19.3. The van der Waals surface area contributed by atoms with Gasteiger partial charge < -0.3 is 18.6 Å². The number of rotatable bonds is 22. The van der Waals surface area contributed by atoms with Crippen LogP contribution in [0.4, 0.5) is 0 Å². The highest BCUT2D eigenvalue weighted by atomic mass is 16.5. The third-order valence-electron chi connectivity index (χ3n) is 9.16. The summed E-state index contributed by atoms with van der Waals surface area (Å²) >= 11 is 0. The zero-order valence-electron chi connectivity index (χ0n) is 31.2. The van der Waals surface area contributed by atoms with Crippen LogP contribution in [-0.2, 0) is 6.42 Å². The number of aromatic nitrogens is 2. The van der Waals surface area contributed by atoms with E-state index in [9.17, 15) is 9.59 Å². The molecule has 0 bridgehead atoms. The van der Waals surface area contributed by atoms with E-state index in [1.54, 1.807) is 72.8 Å². The van der Waals surface area contributed by atoms with E-state index >= 15 is 0 Å². The van der Waals surface area contributed by atoms with E-state index < -0.39 is 11.9 Å². The van der Waals surface area contributed by atoms with Gasteiger partial charge >= 0.3 is 11.9 Å². The van der Waals surface area contributed by atoms with Crippen molar-refractivity contribution in [2.45, 2.75) is 104 Å². The Morgan fingerprint density at radius 2 is 0.906 bits per heavy atom. The standard InChI is InChI=1S/C45H52N2O6/c1-3-5-7-8-9-10-11-12-13-15-33-50-39-27-25-38(26-28-39)45(49)52-41-31-23-36(24-32-41)43-47-46-42(53-43)35-21-29-40(30-22-35)51-44(48)37-19-17-34(18-20-37)16-14-6-4-2/h17-32H,3-16,33H2,1-2H3. The average Bonchev–Trinajstić information content (AvgIpc) is 3.69. The number of esters is 2. The van der Waals surface area contributed by atoms with Crippen LogP contribution >= 0.6 is 0 Å². The Morgan fingerprint density at radius 1 is 0.491 bits per heavy atom. The molecule has 0 fully saturated rings. The summed E-state index contributed by atoms with van der Waals surface area (Å²) in [5.74, 6) is 1.33. The van der Waals surface area contributed by atoms with Gasteiger partial charge in [0.25, 0.3) is 0 Å². The van der Waals surface area contributed by atoms with Crippen molar-refractivity contribution in [2.24, 2.45) is 0 Å². The van der Waals surface area contributed by atoms with Crippen LogP contribution in [0.3, 0.4) is 0 Å². The Bertz CT molecular complexity index is 1810. The summed E-state index contributed by atoms with van der Waals surface area (Å²) in [6.07, 6.45) is 17.4. The molecule has 0 aliphatic carbocycles. The predicted molar refractivity (Wildman–Crippen MR) is 209 cm³/mol. The Kier molecular flexibility index (Phi) is 15.7. The highest BCUT2D eigenvalue weighted by Crippen LogP contribution is 2.27. The van der Waals surface area contributed by atoms with Gasteiger partial charge in [0.05, 0.1) is 17.7 Å². The number of unbranched alkanes of at least 4 members (excludes halogenated alkanes) is 11. The molecule has 0 aliphatic rings. The lowest BCUT2D eigenvalue weighted by atomic mass is 10.1. The predicted octanol–water partition coefficient (Wildman–Crippen LogP) is 11.9. The summed E-state index contributed by atoms with van der Waals surface area (Å²) in [4.78, 5) is 25.4. The second-order valence-corrected chi connectivity index (χ2v) is 13.4. The van der Waals surface area contributed by atoms with Crippen molar-refractivity contribution in [3.05, 3.63) is 114 Å². The molecule has 0 atom stereocenters. The third-order valence-corrected chi connectivity index (χ3v) is 9.16. The molecule has 278 valence electrons. The molecule has 4 aromatic carbocycles. The molecule has 0 spiro atoms. The number of ether oxygens (including phenoxy) is 3. The summed E-state index contributed by atoms with van der Waals surface area (Å²) in [5, 5.41) is 8.36. The van der Waals surface area contributed by atoms with Gasteiger partial charge in [0.15, 0.2) is 0 Å². The number of carbonyl (C=O) groups is 2. The molecule has 8 heteroatoms. The molecule has 0 unspecified atom stereocenters. The Hall–Kier alpha value is -5.24. The highest BCUT2D eigenvalue weighted by Gasteiger charge is 2.14. The van der Waals surface area contributed by atoms with E-state index in [2.05, 4.69) is 24.0 Å². The van der Waals surface area contributed by atoms with Crippen LogP contribution in [0.1, 0.15) is 124 Å². The molecule has 0 N–H and O–H groups in total. The Morgan fingerprint density at radius 3 is 1.40 bits per heavy atom. The summed E-state index contributed by atoms with van der Waals surface area (Å²) in [6.45, 7) is 5.11. The molecule has 1 aromatic heterocycles. The van der Waals surface area contributed by atoms with E-state index in [4.69, 9.17) is 18.6 Å². The van der Waals surface area contributed by atoms with Crippen LogP contribution in [0.2, 0.25) is 0 Å². The minimum atomic E-state index is -0.455. The highest BCUT2D eigenvalue weighted by molar-refractivity contribution is 5.91. The SMILES string of the molecule is CCCCCCCCCCCCOc1ccc(C(=O)Oc2ccc(-c3nnc(-c4ccc(OC(=O)c5ccc(CCCCC)cc5)cc4)o3)cc2)cc1. The fourth-order valence-electron chi connectivity index (χ4n) is 5.97. The maximum absolute atomic E-state index is 12.8. The van der Waals surface area contributed by atoms with Gasteiger partial charge in [0.2, 0.25) is 11.8 Å². The van der Waals surface area contributed by atoms with Crippen LogP contribution in [0.25, 0.3) is 22.9 Å². The van der Waals surface area contributed by atoms with Crippen molar-refractivity contribution in [1.82, 2.24) is 10.2 Å². The summed E-state index contributed by atoms with van der Waals surface area (Å²) in [7, 11) is 0. The maximum Gasteiger partial charge on any atom is 0.343 e. The lowest BCUT2D eigenvalue weighted by molar-refractivity contribution is 0.0725. The Balaban J connectivity index is 1.03. The quantitative estimate of drug-likeness (QED) is 0.0396. The van der Waals surface area contributed by atoms with Gasteiger partial charge in [-0.15, -0.1) is 10.2 Å². The fraction of sp³-hybridized carbons (Fsp3) is 0.378. The minimum absolute atomic E-state index is 0.319. The first kappa shape index (κ1) is 39.0. The number of hydrogen-bond acceptors (Lipinski definition) is 8. The Labute approximate surface area is 313 Å². The summed E-state index contributed by atoms with van der Waals surface area (Å²) < 4.78 is 22.9. The van der Waals surface area contributed by atoms with Crippen LogP contribution in [0.5, 0.6) is 17.2 Å². The minimum Gasteiger partial charge on any atom is -0.494 e. The first-order valence-corrected chi connectivity index (χ1v) is 19.3. The van der Waals surface area contributed by atoms with Gasteiger partial charge in [-0.3, -0.25) is 0 Å². The number of aryl methyl sites for hydroxylation is 1. The second-order valence-electron chi connectivity index (χ2n) is 13.4. The van der Waals surface area contributed by atoms with Gasteiger partial charge in [-0.25, -0.2) is 9.59 Å². The topological polar surface area (TPSA) is 101 Å². The van der Waals surface area contributed by atoms with Gasteiger partial charge in [-0.1, -0.05) is 96.6 Å². The van der Waals surface area contributed by atoms with E-state index in [0.717, 1.165) is 25.0 Å². The lowest BCUT2D eigenvalue weighted by Gasteiger charge is -2.08. The van der Waals surface area contributed by atoms with Crippen LogP contribution < -0.4 is 14.2 Å². The molecule has 0 aliphatic heterocycles. The van der Waals surface area contributed by atoms with E-state index in [1.165, 1.54) is 76.2 Å². The molecular weight excluding hydrogens is 665 g/mol. The normalized spacial score (nSPS) is 11.0. The second kappa shape index (κ2) is 21.3. The number of benzene rings is 4. The molecule has 0 saturated carbocycles. The molecule has 0 amide bonds. The number of hydrogen-bond donors (Lipinski definition) is 0. The largest absolute Gasteiger partial charge is 0.494 e. The van der Waals surface area contributed by atoms with Gasteiger partial charge in [0.1, 0.15) is 17.2 Å². The summed E-state index contributed by atoms with van der Waals surface area (Å²) in [5.41, 5.74) is 3.52. The van der Waals surface area contributed by atoms with Crippen molar-refractivity contribution in [1.29, 1.82) is 0 Å². The van der Waals surface area contributed by atoms with E-state index in [-0.39, 0.29) is 0 Å². The zero-order chi connectivity index (χ0) is 37.1. The van der Waals surface area contributed by atoms with Crippen molar-refractivity contribution in [2.75, 3.05) is 6.61 Å². The van der Waals surface area contributed by atoms with Crippen molar-refractivity contribution in [3.63, 3.8) is 0 Å². The third kappa shape index (κ3) is 12.7. The molecule has 8 nitrogen and oxygen atoms in total. The van der Waals surface area contributed by atoms with Crippen LogP contribution in [-0.4, -0.2) is 28.7 Å². The monoisotopic (exact) mass is 716 g/mol. The smallest absolute Gasteiger partial charge is 0.343 e. The van der Waals surface area contributed by atoms with Crippen LogP contribution in [0.15, 0.2) is 101 Å². The maximum atomic E-state index is 12.8. The number of carbonyl (C=O) groups excluding carboxylic acids is 2. The molecule has 0 radical (unpaired) electrons. The fourth-order valence-corrected chi connectivity index (χ4v) is 5.97. The van der Waals surface area contributed by atoms with E-state index in [0.29, 0.717) is 52.1 Å². The van der Waals surface area contributed by atoms with E-state index in [1.807, 2.05) is 24.3 Å². The molecule has 5 aromatic rings. The number of nitrogens with zero attached hydrogens (tertiary/aromatic N) is 2. The first-order chi connectivity index (χ1) is 26.0. The molecular formula is C45H52N2O6. The molecule has 53 heavy (non-hydrogen) atoms. The molecule has 5 rings (SSSR count). The molecule has 1 heterocycles. The van der Waals surface area contributed by atoms with Gasteiger partial charge in [-0.05, 0) is 110 Å². The van der Waals surface area contributed by atoms with Crippen LogP contribution in [0, 0.1) is 0 Å². The van der Waals surface area contributed by atoms with Crippen molar-refractivity contribution >= 4 is 11.9 Å². The van der Waals surface area contributed by atoms with Gasteiger partial charge in [-0.2, -0.15) is 0 Å². The summed E-state index contributed by atoms with van der Waals surface area (Å²) in [6, 6.07) is 28.4. The van der Waals surface area contributed by atoms with Gasteiger partial charge in [0, 0.05) is 11.1 Å². The average molecular weight is 717 g/mol. The lowest BCUT2D eigenvalue weighted by Crippen LogP contribution is -2.08. The van der Waals surface area contributed by atoms with Crippen molar-refractivity contribution in [3.8, 4) is 40.2 Å². The zero-order valence-corrected chi connectivity index (χ0v) is 31.2. The molecule has 0 saturated heterocycles.